The van der Waals surface area contributed by atoms with Crippen LogP contribution in [-0.4, -0.2) is 25.6 Å². The SMILES string of the molecule is CS(=O)(=O)Nc1cccc2c(=O)cc(C(=O)Nc3cc(F)ccc3F)[nH]c12. The molecular formula is C17H13F2N3O4S. The number of para-hydroxylation sites is 1. The lowest BCUT2D eigenvalue weighted by atomic mass is 10.1. The molecule has 1 amide bonds. The lowest BCUT2D eigenvalue weighted by Crippen LogP contribution is -2.19. The standard InChI is InChI=1S/C17H13F2N3O4S/c1-27(25,26)22-12-4-2-3-10-15(23)8-14(20-16(10)12)17(24)21-13-7-9(18)5-6-11(13)19/h2-8,22H,1H3,(H,20,23)(H,21,24). The predicted molar refractivity (Wildman–Crippen MR) is 97.3 cm³/mol. The largest absolute Gasteiger partial charge is 0.349 e. The number of halogens is 2. The van der Waals surface area contributed by atoms with Crippen molar-refractivity contribution in [3.8, 4) is 0 Å². The normalized spacial score (nSPS) is 11.4. The Morgan fingerprint density at radius 2 is 1.81 bits per heavy atom. The molecule has 0 aliphatic rings. The molecule has 10 heteroatoms. The van der Waals surface area contributed by atoms with Gasteiger partial charge in [-0.05, 0) is 24.3 Å². The minimum absolute atomic E-state index is 0.0682. The zero-order chi connectivity index (χ0) is 19.8. The number of benzene rings is 2. The van der Waals surface area contributed by atoms with Crippen molar-refractivity contribution in [2.24, 2.45) is 0 Å². The smallest absolute Gasteiger partial charge is 0.272 e. The van der Waals surface area contributed by atoms with Crippen LogP contribution < -0.4 is 15.5 Å². The number of aromatic nitrogens is 1. The third kappa shape index (κ3) is 4.11. The van der Waals surface area contributed by atoms with E-state index < -0.39 is 38.7 Å². The van der Waals surface area contributed by atoms with Gasteiger partial charge in [0.2, 0.25) is 10.0 Å². The van der Waals surface area contributed by atoms with Gasteiger partial charge in [-0.3, -0.25) is 14.3 Å². The van der Waals surface area contributed by atoms with Crippen LogP contribution in [0.3, 0.4) is 0 Å². The second-order valence-electron chi connectivity index (χ2n) is 5.73. The lowest BCUT2D eigenvalue weighted by Gasteiger charge is -2.11. The van der Waals surface area contributed by atoms with Crippen molar-refractivity contribution in [3.63, 3.8) is 0 Å². The van der Waals surface area contributed by atoms with E-state index in [4.69, 9.17) is 0 Å². The molecule has 0 aliphatic carbocycles. The van der Waals surface area contributed by atoms with Crippen LogP contribution >= 0.6 is 0 Å². The van der Waals surface area contributed by atoms with E-state index >= 15 is 0 Å². The summed E-state index contributed by atoms with van der Waals surface area (Å²) in [4.78, 5) is 27.3. The number of hydrogen-bond acceptors (Lipinski definition) is 4. The molecule has 7 nitrogen and oxygen atoms in total. The molecule has 0 bridgehead atoms. The highest BCUT2D eigenvalue weighted by Gasteiger charge is 2.15. The van der Waals surface area contributed by atoms with Crippen molar-refractivity contribution in [3.05, 3.63) is 70.0 Å². The molecule has 0 saturated carbocycles. The van der Waals surface area contributed by atoms with Gasteiger partial charge in [0.15, 0.2) is 5.43 Å². The number of sulfonamides is 1. The van der Waals surface area contributed by atoms with E-state index in [1.807, 2.05) is 0 Å². The number of amides is 1. The van der Waals surface area contributed by atoms with Crippen molar-refractivity contribution in [2.75, 3.05) is 16.3 Å². The van der Waals surface area contributed by atoms with E-state index in [1.54, 1.807) is 0 Å². The number of rotatable bonds is 4. The molecule has 1 aromatic heterocycles. The fraction of sp³-hybridized carbons (Fsp3) is 0.0588. The zero-order valence-corrected chi connectivity index (χ0v) is 14.7. The van der Waals surface area contributed by atoms with Crippen molar-refractivity contribution >= 4 is 38.2 Å². The average molecular weight is 393 g/mol. The minimum atomic E-state index is -3.64. The Labute approximate surface area is 152 Å². The van der Waals surface area contributed by atoms with Gasteiger partial charge in [0.25, 0.3) is 5.91 Å². The summed E-state index contributed by atoms with van der Waals surface area (Å²) < 4.78 is 52.2. The van der Waals surface area contributed by atoms with Gasteiger partial charge in [-0.2, -0.15) is 0 Å². The lowest BCUT2D eigenvalue weighted by molar-refractivity contribution is 0.102. The molecule has 3 aromatic rings. The average Bonchev–Trinajstić information content (AvgIpc) is 2.57. The number of carbonyl (C=O) groups is 1. The Morgan fingerprint density at radius 3 is 2.52 bits per heavy atom. The van der Waals surface area contributed by atoms with Crippen LogP contribution in [0.25, 0.3) is 10.9 Å². The van der Waals surface area contributed by atoms with Crippen molar-refractivity contribution in [1.29, 1.82) is 0 Å². The molecule has 0 atom stereocenters. The fourth-order valence-corrected chi connectivity index (χ4v) is 3.03. The molecule has 1 heterocycles. The second kappa shape index (κ2) is 6.80. The number of hydrogen-bond donors (Lipinski definition) is 3. The molecule has 140 valence electrons. The second-order valence-corrected chi connectivity index (χ2v) is 7.48. The highest BCUT2D eigenvalue weighted by atomic mass is 32.2. The Kier molecular flexibility index (Phi) is 4.66. The van der Waals surface area contributed by atoms with E-state index in [0.29, 0.717) is 0 Å². The summed E-state index contributed by atoms with van der Waals surface area (Å²) in [5.41, 5.74) is -1.05. The Hall–Kier alpha value is -3.27. The number of pyridine rings is 1. The van der Waals surface area contributed by atoms with Crippen LogP contribution in [0.2, 0.25) is 0 Å². The maximum Gasteiger partial charge on any atom is 0.272 e. The van der Waals surface area contributed by atoms with Crippen LogP contribution in [0.4, 0.5) is 20.2 Å². The molecule has 0 aliphatic heterocycles. The minimum Gasteiger partial charge on any atom is -0.349 e. The number of aromatic amines is 1. The van der Waals surface area contributed by atoms with Gasteiger partial charge in [-0.25, -0.2) is 17.2 Å². The van der Waals surface area contributed by atoms with Crippen LogP contribution in [-0.2, 0) is 10.0 Å². The highest BCUT2D eigenvalue weighted by molar-refractivity contribution is 7.92. The van der Waals surface area contributed by atoms with Crippen LogP contribution in [0.15, 0.2) is 47.3 Å². The van der Waals surface area contributed by atoms with Crippen LogP contribution in [0.5, 0.6) is 0 Å². The predicted octanol–water partition coefficient (Wildman–Crippen LogP) is 2.43. The Morgan fingerprint density at radius 1 is 1.07 bits per heavy atom. The van der Waals surface area contributed by atoms with E-state index in [1.165, 1.54) is 18.2 Å². The summed E-state index contributed by atoms with van der Waals surface area (Å²) >= 11 is 0. The molecule has 0 unspecified atom stereocenters. The van der Waals surface area contributed by atoms with Gasteiger partial charge in [0.1, 0.15) is 17.3 Å². The number of carbonyl (C=O) groups excluding carboxylic acids is 1. The molecular weight excluding hydrogens is 380 g/mol. The Bertz CT molecular complexity index is 1220. The first-order valence-electron chi connectivity index (χ1n) is 7.54. The fourth-order valence-electron chi connectivity index (χ4n) is 2.46. The topological polar surface area (TPSA) is 108 Å². The van der Waals surface area contributed by atoms with Gasteiger partial charge >= 0.3 is 0 Å². The maximum atomic E-state index is 13.7. The van der Waals surface area contributed by atoms with E-state index in [-0.39, 0.29) is 22.3 Å². The van der Waals surface area contributed by atoms with E-state index in [9.17, 15) is 26.8 Å². The van der Waals surface area contributed by atoms with Gasteiger partial charge in [0.05, 0.1) is 23.1 Å². The number of H-pyrrole nitrogens is 1. The highest BCUT2D eigenvalue weighted by Crippen LogP contribution is 2.21. The molecule has 3 N–H and O–H groups in total. The van der Waals surface area contributed by atoms with Crippen LogP contribution in [0, 0.1) is 11.6 Å². The monoisotopic (exact) mass is 393 g/mol. The zero-order valence-electron chi connectivity index (χ0n) is 13.8. The van der Waals surface area contributed by atoms with E-state index in [0.717, 1.165) is 30.5 Å². The summed E-state index contributed by atoms with van der Waals surface area (Å²) in [5, 5.41) is 2.31. The van der Waals surface area contributed by atoms with Crippen molar-refractivity contribution in [1.82, 2.24) is 4.98 Å². The van der Waals surface area contributed by atoms with Gasteiger partial charge < -0.3 is 10.3 Å². The first-order chi connectivity index (χ1) is 12.6. The van der Waals surface area contributed by atoms with Crippen LogP contribution in [0.1, 0.15) is 10.5 Å². The van der Waals surface area contributed by atoms with Gasteiger partial charge in [-0.1, -0.05) is 6.07 Å². The molecule has 27 heavy (non-hydrogen) atoms. The van der Waals surface area contributed by atoms with Crippen molar-refractivity contribution < 1.29 is 22.0 Å². The molecule has 0 fully saturated rings. The molecule has 0 radical (unpaired) electrons. The summed E-state index contributed by atoms with van der Waals surface area (Å²) in [6, 6.07) is 7.87. The van der Waals surface area contributed by atoms with E-state index in [2.05, 4.69) is 15.0 Å². The third-order valence-corrected chi connectivity index (χ3v) is 4.17. The molecule has 0 spiro atoms. The van der Waals surface area contributed by atoms with Gasteiger partial charge in [-0.15, -0.1) is 0 Å². The van der Waals surface area contributed by atoms with Gasteiger partial charge in [0, 0.05) is 17.5 Å². The first-order valence-corrected chi connectivity index (χ1v) is 9.43. The number of fused-ring (bicyclic) bond motifs is 1. The summed E-state index contributed by atoms with van der Waals surface area (Å²) in [7, 11) is -3.64. The summed E-state index contributed by atoms with van der Waals surface area (Å²) in [5.74, 6) is -2.50. The number of nitrogens with one attached hydrogen (secondary N) is 3. The molecule has 0 saturated heterocycles. The summed E-state index contributed by atoms with van der Waals surface area (Å²) in [6.07, 6.45) is 0.938. The first kappa shape index (κ1) is 18.5. The third-order valence-electron chi connectivity index (χ3n) is 3.58. The molecule has 3 rings (SSSR count). The molecule has 2 aromatic carbocycles. The maximum absolute atomic E-state index is 13.7. The van der Waals surface area contributed by atoms with Crippen molar-refractivity contribution in [2.45, 2.75) is 0 Å². The quantitative estimate of drug-likeness (QED) is 0.633. The summed E-state index contributed by atoms with van der Waals surface area (Å²) in [6.45, 7) is 0. The number of anilines is 2. The Balaban J connectivity index is 2.07.